The van der Waals surface area contributed by atoms with Crippen molar-refractivity contribution in [2.75, 3.05) is 5.32 Å². The highest BCUT2D eigenvalue weighted by Gasteiger charge is 2.13. The van der Waals surface area contributed by atoms with Crippen LogP contribution >= 0.6 is 33.9 Å². The Balaban J connectivity index is 2.08. The molecule has 3 rings (SSSR count). The van der Waals surface area contributed by atoms with E-state index in [2.05, 4.69) is 39.0 Å². The van der Waals surface area contributed by atoms with Crippen LogP contribution in [-0.4, -0.2) is 4.98 Å². The fourth-order valence-electron chi connectivity index (χ4n) is 2.11. The maximum atomic E-state index is 9.42. The first-order valence-electron chi connectivity index (χ1n) is 6.26. The van der Waals surface area contributed by atoms with E-state index in [9.17, 15) is 5.26 Å². The fourth-order valence-corrected chi connectivity index (χ4v) is 3.67. The summed E-state index contributed by atoms with van der Waals surface area (Å²) in [6.45, 7) is 0.449. The van der Waals surface area contributed by atoms with E-state index in [4.69, 9.17) is 5.73 Å². The van der Waals surface area contributed by atoms with Gasteiger partial charge in [-0.2, -0.15) is 5.26 Å². The summed E-state index contributed by atoms with van der Waals surface area (Å²) in [5.74, 6) is 0. The number of nitrogens with zero attached hydrogens (tertiary/aromatic N) is 2. The lowest BCUT2D eigenvalue weighted by Crippen LogP contribution is -2.02. The van der Waals surface area contributed by atoms with Crippen molar-refractivity contribution in [1.29, 1.82) is 5.26 Å². The summed E-state index contributed by atoms with van der Waals surface area (Å²) >= 11 is 3.74. The molecule has 2 aromatic heterocycles. The molecule has 0 atom stereocenters. The zero-order valence-electron chi connectivity index (χ0n) is 10.9. The summed E-state index contributed by atoms with van der Waals surface area (Å²) in [6, 6.07) is 12.1. The summed E-state index contributed by atoms with van der Waals surface area (Å²) in [6.07, 6.45) is 1.74. The van der Waals surface area contributed by atoms with E-state index < -0.39 is 0 Å². The first-order valence-corrected chi connectivity index (χ1v) is 8.15. The molecule has 3 N–H and O–H groups in total. The quantitative estimate of drug-likeness (QED) is 0.646. The molecule has 0 saturated heterocycles. The van der Waals surface area contributed by atoms with Gasteiger partial charge in [-0.25, -0.2) is 4.98 Å². The van der Waals surface area contributed by atoms with Crippen LogP contribution in [0.25, 0.3) is 10.2 Å². The molecule has 4 nitrogen and oxygen atoms in total. The Morgan fingerprint density at radius 1 is 1.38 bits per heavy atom. The van der Waals surface area contributed by atoms with Crippen LogP contribution < -0.4 is 11.1 Å². The number of hydrogen-bond acceptors (Lipinski definition) is 5. The van der Waals surface area contributed by atoms with Crippen molar-refractivity contribution in [3.8, 4) is 6.07 Å². The molecule has 0 unspecified atom stereocenters. The van der Waals surface area contributed by atoms with E-state index in [1.807, 2.05) is 30.3 Å². The van der Waals surface area contributed by atoms with E-state index in [1.165, 1.54) is 11.3 Å². The van der Waals surface area contributed by atoms with Crippen molar-refractivity contribution in [3.63, 3.8) is 0 Å². The zero-order valence-corrected chi connectivity index (χ0v) is 13.9. The molecule has 1 aromatic carbocycles. The lowest BCUT2D eigenvalue weighted by Gasteiger charge is -2.10. The predicted octanol–water partition coefficient (Wildman–Crippen LogP) is 3.97. The third-order valence-corrected chi connectivity index (χ3v) is 4.81. The smallest absolute Gasteiger partial charge is 0.126 e. The van der Waals surface area contributed by atoms with Crippen LogP contribution in [0.5, 0.6) is 0 Å². The average Bonchev–Trinajstić information content (AvgIpc) is 2.86. The normalized spacial score (nSPS) is 10.5. The van der Waals surface area contributed by atoms with Gasteiger partial charge in [0.2, 0.25) is 0 Å². The highest BCUT2D eigenvalue weighted by molar-refractivity contribution is 14.1. The van der Waals surface area contributed by atoms with Crippen LogP contribution in [0, 0.1) is 14.9 Å². The summed E-state index contributed by atoms with van der Waals surface area (Å²) in [5.41, 5.74) is 8.39. The van der Waals surface area contributed by atoms with Gasteiger partial charge in [-0.15, -0.1) is 0 Å². The molecule has 0 saturated carbocycles. The number of nitrogens with two attached hydrogens (primary N) is 1. The molecule has 104 valence electrons. The van der Waals surface area contributed by atoms with Gasteiger partial charge in [-0.3, -0.25) is 0 Å². The molecule has 21 heavy (non-hydrogen) atoms. The molecule has 0 spiro atoms. The van der Waals surface area contributed by atoms with Crippen molar-refractivity contribution in [2.45, 2.75) is 6.54 Å². The number of rotatable bonds is 3. The molecule has 2 heterocycles. The Hall–Kier alpha value is -1.69. The Bertz CT molecular complexity index is 850. The second kappa shape index (κ2) is 5.97. The molecule has 6 heteroatoms. The predicted molar refractivity (Wildman–Crippen MR) is 94.7 cm³/mol. The van der Waals surface area contributed by atoms with E-state index >= 15 is 0 Å². The molecular weight excluding hydrogens is 395 g/mol. The lowest BCUT2D eigenvalue weighted by molar-refractivity contribution is 1.07. The van der Waals surface area contributed by atoms with Gasteiger partial charge in [0.05, 0.1) is 5.56 Å². The van der Waals surface area contributed by atoms with Gasteiger partial charge >= 0.3 is 0 Å². The van der Waals surface area contributed by atoms with Gasteiger partial charge in [0.25, 0.3) is 0 Å². The van der Waals surface area contributed by atoms with Crippen LogP contribution in [0.2, 0.25) is 0 Å². The molecule has 3 aromatic rings. The number of nitriles is 1. The van der Waals surface area contributed by atoms with Crippen molar-refractivity contribution in [3.05, 3.63) is 51.2 Å². The standard InChI is InChI=1S/C15H11IN4S/c16-10-3-4-13(9(6-10)7-17)20-15-12(8-18)11-2-1-5-19-14(11)21-15/h1-6,20H,7,17H2. The lowest BCUT2D eigenvalue weighted by atomic mass is 10.1. The van der Waals surface area contributed by atoms with Gasteiger partial charge in [0.15, 0.2) is 0 Å². The van der Waals surface area contributed by atoms with Crippen molar-refractivity contribution in [1.82, 2.24) is 4.98 Å². The van der Waals surface area contributed by atoms with Crippen molar-refractivity contribution in [2.24, 2.45) is 5.73 Å². The SMILES string of the molecule is N#Cc1c(Nc2ccc(I)cc2CN)sc2ncccc12. The Morgan fingerprint density at radius 2 is 2.24 bits per heavy atom. The largest absolute Gasteiger partial charge is 0.346 e. The Kier molecular flexibility index (Phi) is 4.05. The summed E-state index contributed by atoms with van der Waals surface area (Å²) in [4.78, 5) is 5.17. The number of nitrogens with one attached hydrogen (secondary N) is 1. The minimum atomic E-state index is 0.449. The fraction of sp³-hybridized carbons (Fsp3) is 0.0667. The number of halogens is 1. The number of benzene rings is 1. The number of pyridine rings is 1. The van der Waals surface area contributed by atoms with E-state index in [0.29, 0.717) is 12.1 Å². The molecule has 0 amide bonds. The molecule has 0 aliphatic rings. The van der Waals surface area contributed by atoms with Crippen LogP contribution in [0.3, 0.4) is 0 Å². The van der Waals surface area contributed by atoms with E-state index in [1.54, 1.807) is 6.20 Å². The first-order chi connectivity index (χ1) is 10.2. The Morgan fingerprint density at radius 3 is 3.00 bits per heavy atom. The number of fused-ring (bicyclic) bond motifs is 1. The molecule has 0 bridgehead atoms. The van der Waals surface area contributed by atoms with E-state index in [0.717, 1.165) is 30.0 Å². The molecule has 0 radical (unpaired) electrons. The molecular formula is C15H11IN4S. The number of aromatic nitrogens is 1. The summed E-state index contributed by atoms with van der Waals surface area (Å²) in [7, 11) is 0. The van der Waals surface area contributed by atoms with Crippen LogP contribution in [0.4, 0.5) is 10.7 Å². The number of hydrogen-bond donors (Lipinski definition) is 2. The first kappa shape index (κ1) is 14.3. The van der Waals surface area contributed by atoms with Crippen LogP contribution in [-0.2, 0) is 6.54 Å². The van der Waals surface area contributed by atoms with E-state index in [-0.39, 0.29) is 0 Å². The number of anilines is 2. The van der Waals surface area contributed by atoms with Crippen molar-refractivity contribution >= 4 is 54.8 Å². The number of thiophene rings is 1. The zero-order chi connectivity index (χ0) is 14.8. The van der Waals surface area contributed by atoms with Crippen LogP contribution in [0.1, 0.15) is 11.1 Å². The molecule has 0 fully saturated rings. The van der Waals surface area contributed by atoms with Gasteiger partial charge in [-0.1, -0.05) is 11.3 Å². The topological polar surface area (TPSA) is 74.7 Å². The third-order valence-electron chi connectivity index (χ3n) is 3.11. The second-order valence-corrected chi connectivity index (χ2v) is 6.65. The van der Waals surface area contributed by atoms with Gasteiger partial charge < -0.3 is 11.1 Å². The highest BCUT2D eigenvalue weighted by Crippen LogP contribution is 2.36. The van der Waals surface area contributed by atoms with Gasteiger partial charge in [0, 0.05) is 27.4 Å². The maximum absolute atomic E-state index is 9.42. The minimum absolute atomic E-state index is 0.449. The van der Waals surface area contributed by atoms with Crippen LogP contribution in [0.15, 0.2) is 36.5 Å². The summed E-state index contributed by atoms with van der Waals surface area (Å²) < 4.78 is 1.14. The van der Waals surface area contributed by atoms with Gasteiger partial charge in [0.1, 0.15) is 15.9 Å². The summed E-state index contributed by atoms with van der Waals surface area (Å²) in [5, 5.41) is 14.4. The molecule has 0 aliphatic heterocycles. The highest BCUT2D eigenvalue weighted by atomic mass is 127. The van der Waals surface area contributed by atoms with Gasteiger partial charge in [-0.05, 0) is 58.5 Å². The third kappa shape index (κ3) is 2.72. The average molecular weight is 406 g/mol. The minimum Gasteiger partial charge on any atom is -0.346 e. The molecule has 0 aliphatic carbocycles. The second-order valence-electron chi connectivity index (χ2n) is 4.40. The van der Waals surface area contributed by atoms with Crippen molar-refractivity contribution < 1.29 is 0 Å². The maximum Gasteiger partial charge on any atom is 0.126 e. The Labute approximate surface area is 139 Å². The monoisotopic (exact) mass is 406 g/mol.